The summed E-state index contributed by atoms with van der Waals surface area (Å²) in [5, 5.41) is 12.8. The number of aliphatic hydroxyl groups excluding tert-OH is 1. The Balaban J connectivity index is 2.23. The van der Waals surface area contributed by atoms with Crippen molar-refractivity contribution in [3.05, 3.63) is 47.5 Å². The van der Waals surface area contributed by atoms with Crippen molar-refractivity contribution in [3.8, 4) is 0 Å². The van der Waals surface area contributed by atoms with Crippen molar-refractivity contribution in [1.29, 1.82) is 0 Å². The highest BCUT2D eigenvalue weighted by molar-refractivity contribution is 5.87. The lowest BCUT2D eigenvalue weighted by Crippen LogP contribution is -2.03. The van der Waals surface area contributed by atoms with Gasteiger partial charge >= 0.3 is 0 Å². The van der Waals surface area contributed by atoms with Crippen molar-refractivity contribution in [2.75, 3.05) is 0 Å². The van der Waals surface area contributed by atoms with Crippen molar-refractivity contribution < 1.29 is 5.11 Å². The van der Waals surface area contributed by atoms with Crippen molar-refractivity contribution in [1.82, 2.24) is 0 Å². The third-order valence-corrected chi connectivity index (χ3v) is 3.55. The summed E-state index contributed by atoms with van der Waals surface area (Å²) in [5.41, 5.74) is 2.35. The molecule has 2 aromatic carbocycles. The molecule has 1 aliphatic carbocycles. The number of aryl methyl sites for hydroxylation is 1. The largest absolute Gasteiger partial charge is 0.388 e. The van der Waals surface area contributed by atoms with Gasteiger partial charge in [-0.3, -0.25) is 0 Å². The quantitative estimate of drug-likeness (QED) is 0.806. The molecule has 1 nitrogen and oxygen atoms in total. The van der Waals surface area contributed by atoms with Crippen LogP contribution >= 0.6 is 0 Å². The van der Waals surface area contributed by atoms with Crippen LogP contribution in [0.3, 0.4) is 0 Å². The van der Waals surface area contributed by atoms with Crippen molar-refractivity contribution in [3.63, 3.8) is 0 Å². The number of hydrogen-bond donors (Lipinski definition) is 1. The van der Waals surface area contributed by atoms with Gasteiger partial charge in [0.15, 0.2) is 0 Å². The summed E-state index contributed by atoms with van der Waals surface area (Å²) >= 11 is 0. The van der Waals surface area contributed by atoms with Crippen LogP contribution in [0.1, 0.15) is 30.1 Å². The van der Waals surface area contributed by atoms with Crippen LogP contribution < -0.4 is 0 Å². The van der Waals surface area contributed by atoms with Crippen LogP contribution in [-0.2, 0) is 0 Å². The maximum absolute atomic E-state index is 10.3. The molecule has 0 aliphatic heterocycles. The molecule has 1 fully saturated rings. The summed E-state index contributed by atoms with van der Waals surface area (Å²) in [6, 6.07) is 12.6. The minimum atomic E-state index is -0.272. The molecule has 1 aliphatic rings. The van der Waals surface area contributed by atoms with E-state index in [4.69, 9.17) is 0 Å². The fourth-order valence-corrected chi connectivity index (χ4v) is 2.44. The van der Waals surface area contributed by atoms with Gasteiger partial charge in [0, 0.05) is 0 Å². The molecule has 0 spiro atoms. The fraction of sp³-hybridized carbons (Fsp3) is 0.333. The normalized spacial score (nSPS) is 17.6. The highest BCUT2D eigenvalue weighted by atomic mass is 16.3. The highest BCUT2D eigenvalue weighted by Gasteiger charge is 2.32. The summed E-state index contributed by atoms with van der Waals surface area (Å²) in [4.78, 5) is 0. The zero-order chi connectivity index (χ0) is 11.1. The maximum atomic E-state index is 10.3. The predicted molar refractivity (Wildman–Crippen MR) is 66.4 cm³/mol. The SMILES string of the molecule is Cc1ccc2ccccc2c1C(O)C1CC1. The molecule has 0 bridgehead atoms. The molecule has 3 rings (SSSR count). The van der Waals surface area contributed by atoms with E-state index in [0.717, 1.165) is 5.56 Å². The van der Waals surface area contributed by atoms with Gasteiger partial charge in [-0.05, 0) is 47.6 Å². The molecule has 1 heteroatoms. The lowest BCUT2D eigenvalue weighted by atomic mass is 9.93. The monoisotopic (exact) mass is 212 g/mol. The Labute approximate surface area is 95.7 Å². The molecule has 0 amide bonds. The third-order valence-electron chi connectivity index (χ3n) is 3.55. The van der Waals surface area contributed by atoms with Crippen LogP contribution in [0.2, 0.25) is 0 Å². The van der Waals surface area contributed by atoms with E-state index in [1.54, 1.807) is 0 Å². The van der Waals surface area contributed by atoms with Gasteiger partial charge in [-0.25, -0.2) is 0 Å². The lowest BCUT2D eigenvalue weighted by molar-refractivity contribution is 0.154. The van der Waals surface area contributed by atoms with Gasteiger partial charge in [-0.2, -0.15) is 0 Å². The second kappa shape index (κ2) is 3.60. The molecule has 1 atom stereocenters. The second-order valence-electron chi connectivity index (χ2n) is 4.80. The second-order valence-corrected chi connectivity index (χ2v) is 4.80. The Hall–Kier alpha value is -1.34. The van der Waals surface area contributed by atoms with Crippen LogP contribution in [0, 0.1) is 12.8 Å². The summed E-state index contributed by atoms with van der Waals surface area (Å²) in [6.45, 7) is 2.09. The van der Waals surface area contributed by atoms with Gasteiger partial charge in [0.2, 0.25) is 0 Å². The first kappa shape index (κ1) is 9.86. The first-order valence-electron chi connectivity index (χ1n) is 5.93. The fourth-order valence-electron chi connectivity index (χ4n) is 2.44. The Morgan fingerprint density at radius 3 is 2.62 bits per heavy atom. The smallest absolute Gasteiger partial charge is 0.0826 e. The summed E-state index contributed by atoms with van der Waals surface area (Å²) in [6.07, 6.45) is 2.07. The Bertz CT molecular complexity index is 526. The standard InChI is InChI=1S/C15H16O/c1-10-6-7-11-4-2-3-5-13(11)14(10)15(16)12-8-9-12/h2-7,12,15-16H,8-9H2,1H3. The molecular weight excluding hydrogens is 196 g/mol. The molecule has 0 heterocycles. The van der Waals surface area contributed by atoms with Gasteiger partial charge in [0.05, 0.1) is 6.10 Å². The van der Waals surface area contributed by atoms with Crippen LogP contribution in [0.5, 0.6) is 0 Å². The summed E-state index contributed by atoms with van der Waals surface area (Å²) in [7, 11) is 0. The molecule has 82 valence electrons. The average Bonchev–Trinajstić information content (AvgIpc) is 3.12. The molecule has 0 radical (unpaired) electrons. The predicted octanol–water partition coefficient (Wildman–Crippen LogP) is 3.59. The molecule has 16 heavy (non-hydrogen) atoms. The number of fused-ring (bicyclic) bond motifs is 1. The topological polar surface area (TPSA) is 20.2 Å². The first-order valence-corrected chi connectivity index (χ1v) is 5.93. The van der Waals surface area contributed by atoms with E-state index in [1.165, 1.54) is 29.2 Å². The van der Waals surface area contributed by atoms with E-state index in [0.29, 0.717) is 5.92 Å². The number of rotatable bonds is 2. The molecule has 1 unspecified atom stereocenters. The summed E-state index contributed by atoms with van der Waals surface area (Å²) in [5.74, 6) is 0.490. The molecule has 1 saturated carbocycles. The molecule has 1 N–H and O–H groups in total. The first-order chi connectivity index (χ1) is 7.77. The Morgan fingerprint density at radius 2 is 1.88 bits per heavy atom. The van der Waals surface area contributed by atoms with Crippen LogP contribution in [-0.4, -0.2) is 5.11 Å². The van der Waals surface area contributed by atoms with Crippen molar-refractivity contribution >= 4 is 10.8 Å². The lowest BCUT2D eigenvalue weighted by Gasteiger charge is -2.16. The Morgan fingerprint density at radius 1 is 1.12 bits per heavy atom. The number of benzene rings is 2. The Kier molecular flexibility index (Phi) is 2.22. The number of aliphatic hydroxyl groups is 1. The van der Waals surface area contributed by atoms with Crippen molar-refractivity contribution in [2.24, 2.45) is 5.92 Å². The van der Waals surface area contributed by atoms with Gasteiger partial charge in [0.25, 0.3) is 0 Å². The molecule has 2 aromatic rings. The minimum absolute atomic E-state index is 0.272. The van der Waals surface area contributed by atoms with Crippen molar-refractivity contribution in [2.45, 2.75) is 25.9 Å². The van der Waals surface area contributed by atoms with E-state index in [1.807, 2.05) is 12.1 Å². The van der Waals surface area contributed by atoms with Gasteiger partial charge in [-0.15, -0.1) is 0 Å². The van der Waals surface area contributed by atoms with Gasteiger partial charge in [-0.1, -0.05) is 36.4 Å². The molecule has 0 aromatic heterocycles. The zero-order valence-electron chi connectivity index (χ0n) is 9.48. The van der Waals surface area contributed by atoms with Crippen LogP contribution in [0.15, 0.2) is 36.4 Å². The highest BCUT2D eigenvalue weighted by Crippen LogP contribution is 2.43. The minimum Gasteiger partial charge on any atom is -0.388 e. The van der Waals surface area contributed by atoms with E-state index in [2.05, 4.69) is 31.2 Å². The van der Waals surface area contributed by atoms with Gasteiger partial charge in [0.1, 0.15) is 0 Å². The zero-order valence-corrected chi connectivity index (χ0v) is 9.48. The van der Waals surface area contributed by atoms with E-state index in [-0.39, 0.29) is 6.10 Å². The van der Waals surface area contributed by atoms with E-state index >= 15 is 0 Å². The van der Waals surface area contributed by atoms with E-state index < -0.39 is 0 Å². The number of hydrogen-bond acceptors (Lipinski definition) is 1. The maximum Gasteiger partial charge on any atom is 0.0826 e. The average molecular weight is 212 g/mol. The third kappa shape index (κ3) is 1.52. The van der Waals surface area contributed by atoms with Gasteiger partial charge < -0.3 is 5.11 Å². The molecular formula is C15H16O. The van der Waals surface area contributed by atoms with Crippen LogP contribution in [0.4, 0.5) is 0 Å². The molecule has 0 saturated heterocycles. The van der Waals surface area contributed by atoms with Crippen LogP contribution in [0.25, 0.3) is 10.8 Å². The summed E-state index contributed by atoms with van der Waals surface area (Å²) < 4.78 is 0. The van der Waals surface area contributed by atoms with E-state index in [9.17, 15) is 5.11 Å².